The molecule has 0 fully saturated rings. The van der Waals surface area contributed by atoms with Crippen molar-refractivity contribution in [2.24, 2.45) is 0 Å². The average molecular weight is 1060 g/mol. The summed E-state index contributed by atoms with van der Waals surface area (Å²) in [6, 6.07) is 91.1. The van der Waals surface area contributed by atoms with E-state index in [9.17, 15) is 0 Å². The van der Waals surface area contributed by atoms with Gasteiger partial charge in [-0.05, 0) is 61.9 Å². The van der Waals surface area contributed by atoms with E-state index in [1.165, 1.54) is 0 Å². The van der Waals surface area contributed by atoms with Gasteiger partial charge in [0.1, 0.15) is 0 Å². The largest absolute Gasteiger partial charge is 0.305 e. The van der Waals surface area contributed by atoms with E-state index in [-0.39, 0.29) is 0 Å². The Kier molecular flexibility index (Phi) is 12.8. The molecule has 1 aliphatic heterocycles. The van der Waals surface area contributed by atoms with Gasteiger partial charge in [0.25, 0.3) is 0 Å². The molecule has 1 aliphatic rings. The average Bonchev–Trinajstić information content (AvgIpc) is 3.19. The van der Waals surface area contributed by atoms with Crippen molar-refractivity contribution >= 4 is 34.4 Å². The zero-order valence-electron chi connectivity index (χ0n) is 44.9. The van der Waals surface area contributed by atoms with Crippen LogP contribution < -0.4 is 9.80 Å². The molecule has 10 aromatic carbocycles. The van der Waals surface area contributed by atoms with Crippen LogP contribution in [-0.2, 0) is 0 Å². The molecule has 10 nitrogen and oxygen atoms in total. The molecule has 0 aliphatic carbocycles. The molecule has 0 saturated carbocycles. The first-order chi connectivity index (χ1) is 40.5. The fourth-order valence-corrected chi connectivity index (χ4v) is 10.8. The summed E-state index contributed by atoms with van der Waals surface area (Å²) in [5, 5.41) is 0. The second kappa shape index (κ2) is 21.3. The molecule has 3 aromatic heterocycles. The maximum atomic E-state index is 5.51. The van der Waals surface area contributed by atoms with E-state index in [4.69, 9.17) is 39.9 Å². The zero-order valence-corrected chi connectivity index (χ0v) is 44.9. The van der Waals surface area contributed by atoms with E-state index in [1.54, 1.807) is 0 Å². The van der Waals surface area contributed by atoms with E-state index < -0.39 is 0 Å². The molecule has 388 valence electrons. The Balaban J connectivity index is 1.09. The summed E-state index contributed by atoms with van der Waals surface area (Å²) >= 11 is 0. The Hall–Kier alpha value is -11.1. The van der Waals surface area contributed by atoms with Crippen LogP contribution >= 0.6 is 0 Å². The number of hydrogen-bond acceptors (Lipinski definition) is 10. The number of rotatable bonds is 11. The Morgan fingerprint density at radius 1 is 0.232 bits per heavy atom. The Bertz CT molecular complexity index is 4230. The first-order valence-corrected chi connectivity index (χ1v) is 27.3. The van der Waals surface area contributed by atoms with Crippen molar-refractivity contribution in [2.45, 2.75) is 13.8 Å². The van der Waals surface area contributed by atoms with Crippen LogP contribution in [0.3, 0.4) is 0 Å². The molecule has 10 heteroatoms. The van der Waals surface area contributed by atoms with Crippen LogP contribution in [0.4, 0.5) is 34.4 Å². The van der Waals surface area contributed by atoms with Gasteiger partial charge in [-0.15, -0.1) is 0 Å². The minimum absolute atomic E-state index is 0.465. The maximum absolute atomic E-state index is 5.51. The molecule has 0 saturated heterocycles. The van der Waals surface area contributed by atoms with Crippen LogP contribution in [0.2, 0.25) is 0 Å². The minimum Gasteiger partial charge on any atom is -0.305 e. The lowest BCUT2D eigenvalue weighted by Gasteiger charge is -2.40. The summed E-state index contributed by atoms with van der Waals surface area (Å²) in [6.07, 6.45) is 0. The van der Waals surface area contributed by atoms with Crippen molar-refractivity contribution in [3.8, 4) is 102 Å². The lowest BCUT2D eigenvalue weighted by atomic mass is 9.91. The lowest BCUT2D eigenvalue weighted by Crippen LogP contribution is -2.26. The molecule has 0 N–H and O–H groups in total. The van der Waals surface area contributed by atoms with Gasteiger partial charge in [0.2, 0.25) is 5.95 Å². The molecule has 0 atom stereocenters. The van der Waals surface area contributed by atoms with E-state index in [0.717, 1.165) is 107 Å². The number of anilines is 6. The van der Waals surface area contributed by atoms with Gasteiger partial charge in [0.05, 0.1) is 39.8 Å². The third-order valence-corrected chi connectivity index (χ3v) is 14.5. The SMILES string of the molecule is Cc1cc(C)cc(-c2cc(-c3nc(-c4ccccc4)cc(-c4ccccc4)n3)cc(-c3nc(-c4ccccc4)nc(-c4ccccc4)n3)c2N2c3ccccc3N(c3nc(-c4ccccc4)nc(-c4ccccc4)n3)c3ccccc32)c1. The van der Waals surface area contributed by atoms with Crippen molar-refractivity contribution < 1.29 is 0 Å². The highest BCUT2D eigenvalue weighted by atomic mass is 15.3. The highest BCUT2D eigenvalue weighted by Gasteiger charge is 2.36. The molecule has 14 rings (SSSR count). The number of fused-ring (bicyclic) bond motifs is 2. The summed E-state index contributed by atoms with van der Waals surface area (Å²) in [5.41, 5.74) is 16.9. The first-order valence-electron chi connectivity index (χ1n) is 27.3. The molecule has 0 radical (unpaired) electrons. The highest BCUT2D eigenvalue weighted by molar-refractivity contribution is 6.07. The predicted octanol–water partition coefficient (Wildman–Crippen LogP) is 17.7. The van der Waals surface area contributed by atoms with E-state index in [2.05, 4.69) is 133 Å². The van der Waals surface area contributed by atoms with Gasteiger partial charge in [-0.2, -0.15) is 9.97 Å². The predicted molar refractivity (Wildman–Crippen MR) is 330 cm³/mol. The second-order valence-corrected chi connectivity index (χ2v) is 20.2. The van der Waals surface area contributed by atoms with Crippen LogP contribution in [-0.4, -0.2) is 39.9 Å². The molecule has 0 unspecified atom stereocenters. The zero-order chi connectivity index (χ0) is 54.9. The fraction of sp³-hybridized carbons (Fsp3) is 0.0278. The third kappa shape index (κ3) is 9.50. The number of hydrogen-bond donors (Lipinski definition) is 0. The summed E-state index contributed by atoms with van der Waals surface area (Å²) < 4.78 is 0. The summed E-state index contributed by atoms with van der Waals surface area (Å²) in [5.74, 6) is 3.67. The molecule has 0 bridgehead atoms. The highest BCUT2D eigenvalue weighted by Crippen LogP contribution is 2.57. The van der Waals surface area contributed by atoms with Crippen LogP contribution in [0.25, 0.3) is 102 Å². The van der Waals surface area contributed by atoms with Crippen LogP contribution in [0.5, 0.6) is 0 Å². The van der Waals surface area contributed by atoms with Crippen LogP contribution in [0.15, 0.2) is 267 Å². The number of aromatic nitrogens is 8. The minimum atomic E-state index is 0.465. The topological polar surface area (TPSA) is 110 Å². The summed E-state index contributed by atoms with van der Waals surface area (Å²) in [6.45, 7) is 4.30. The van der Waals surface area contributed by atoms with Crippen molar-refractivity contribution in [3.05, 3.63) is 278 Å². The van der Waals surface area contributed by atoms with Gasteiger partial charge in [-0.1, -0.05) is 236 Å². The quantitative estimate of drug-likeness (QED) is 0.124. The van der Waals surface area contributed by atoms with Gasteiger partial charge in [-0.3, -0.25) is 4.90 Å². The molecule has 0 amide bonds. The number of para-hydroxylation sites is 4. The van der Waals surface area contributed by atoms with Crippen molar-refractivity contribution in [2.75, 3.05) is 9.80 Å². The maximum Gasteiger partial charge on any atom is 0.238 e. The smallest absolute Gasteiger partial charge is 0.238 e. The first kappa shape index (κ1) is 49.2. The number of benzene rings is 10. The van der Waals surface area contributed by atoms with E-state index in [1.807, 2.05) is 158 Å². The van der Waals surface area contributed by atoms with Gasteiger partial charge in [0, 0.05) is 50.1 Å². The normalized spacial score (nSPS) is 11.7. The van der Waals surface area contributed by atoms with Gasteiger partial charge >= 0.3 is 0 Å². The Morgan fingerprint density at radius 2 is 0.549 bits per heavy atom. The standard InChI is InChI=1S/C72H50N10/c1-47-41-48(2)43-55(42-47)57-44-56(70-73-59(49-25-9-3-10-26-49)46-60(74-70)50-27-11-4-12-28-50)45-58(71-77-66(51-29-13-5-14-30-51)75-67(78-71)52-31-15-6-16-32-52)65(57)81-61-37-21-23-39-63(61)82(64-40-24-22-38-62(64)81)72-79-68(53-33-17-7-18-34-53)76-69(80-72)54-35-19-8-20-36-54/h3-46H,1-2H3. The Labute approximate surface area is 475 Å². The molecular formula is C72H50N10. The van der Waals surface area contributed by atoms with Gasteiger partial charge in [-0.25, -0.2) is 29.9 Å². The monoisotopic (exact) mass is 1050 g/mol. The van der Waals surface area contributed by atoms with Crippen LogP contribution in [0.1, 0.15) is 11.1 Å². The summed E-state index contributed by atoms with van der Waals surface area (Å²) in [4.78, 5) is 47.4. The van der Waals surface area contributed by atoms with E-state index in [0.29, 0.717) is 40.9 Å². The molecular weight excluding hydrogens is 1000 g/mol. The van der Waals surface area contributed by atoms with Gasteiger partial charge < -0.3 is 4.90 Å². The third-order valence-electron chi connectivity index (χ3n) is 14.5. The lowest BCUT2D eigenvalue weighted by molar-refractivity contribution is 1.01. The fourth-order valence-electron chi connectivity index (χ4n) is 10.8. The molecule has 4 heterocycles. The summed E-state index contributed by atoms with van der Waals surface area (Å²) in [7, 11) is 0. The molecule has 0 spiro atoms. The van der Waals surface area contributed by atoms with Crippen molar-refractivity contribution in [1.29, 1.82) is 0 Å². The Morgan fingerprint density at radius 3 is 0.951 bits per heavy atom. The van der Waals surface area contributed by atoms with Crippen molar-refractivity contribution in [1.82, 2.24) is 39.9 Å². The molecule has 13 aromatic rings. The van der Waals surface area contributed by atoms with Gasteiger partial charge in [0.15, 0.2) is 34.9 Å². The number of nitrogens with zero attached hydrogens (tertiary/aromatic N) is 10. The second-order valence-electron chi connectivity index (χ2n) is 20.2. The molecule has 82 heavy (non-hydrogen) atoms. The van der Waals surface area contributed by atoms with Crippen LogP contribution in [0, 0.1) is 13.8 Å². The van der Waals surface area contributed by atoms with Crippen molar-refractivity contribution in [3.63, 3.8) is 0 Å². The van der Waals surface area contributed by atoms with E-state index >= 15 is 0 Å². The number of aryl methyl sites for hydroxylation is 2.